The Balaban J connectivity index is 1.74. The maximum Gasteiger partial charge on any atom is 0.141 e. The van der Waals surface area contributed by atoms with Crippen LogP contribution < -0.4 is 16.0 Å². The first-order valence-electron chi connectivity index (χ1n) is 9.42. The number of fused-ring (bicyclic) bond motifs is 7. The Morgan fingerprint density at radius 1 is 1.11 bits per heavy atom. The van der Waals surface area contributed by atoms with Crippen molar-refractivity contribution in [3.8, 4) is 0 Å². The van der Waals surface area contributed by atoms with Crippen LogP contribution in [0.5, 0.6) is 0 Å². The molecule has 0 amide bonds. The van der Waals surface area contributed by atoms with Gasteiger partial charge in [-0.25, -0.2) is 0 Å². The van der Waals surface area contributed by atoms with Gasteiger partial charge in [-0.15, -0.1) is 0 Å². The highest BCUT2D eigenvalue weighted by Crippen LogP contribution is 2.36. The maximum absolute atomic E-state index is 6.44. The van der Waals surface area contributed by atoms with Crippen LogP contribution in [0.15, 0.2) is 59.5 Å². The molecule has 1 aliphatic carbocycles. The summed E-state index contributed by atoms with van der Waals surface area (Å²) < 4.78 is 6.44. The molecular weight excluding hydrogens is 330 g/mol. The van der Waals surface area contributed by atoms with Gasteiger partial charge in [0.25, 0.3) is 0 Å². The molecule has 1 aliphatic heterocycles. The van der Waals surface area contributed by atoms with Crippen LogP contribution in [0, 0.1) is 6.92 Å². The molecular formula is C25H19NO. The molecule has 2 nitrogen and oxygen atoms in total. The van der Waals surface area contributed by atoms with Crippen LogP contribution >= 0.6 is 0 Å². The largest absolute Gasteiger partial charge is 0.456 e. The number of rotatable bonds is 1. The van der Waals surface area contributed by atoms with E-state index in [1.165, 1.54) is 49.3 Å². The normalized spacial score (nSPS) is 17.2. The summed E-state index contributed by atoms with van der Waals surface area (Å²) in [5.74, 6) is 0. The predicted molar refractivity (Wildman–Crippen MR) is 113 cm³/mol. The van der Waals surface area contributed by atoms with Crippen molar-refractivity contribution in [1.82, 2.24) is 0 Å². The van der Waals surface area contributed by atoms with Gasteiger partial charge < -0.3 is 9.73 Å². The van der Waals surface area contributed by atoms with E-state index < -0.39 is 0 Å². The fraction of sp³-hybridized carbons (Fsp3) is 0.120. The van der Waals surface area contributed by atoms with Crippen LogP contribution in [0.1, 0.15) is 23.1 Å². The number of hydrogen-bond donors (Lipinski definition) is 1. The van der Waals surface area contributed by atoms with Crippen molar-refractivity contribution < 1.29 is 4.42 Å². The highest BCUT2D eigenvalue weighted by atomic mass is 16.3. The Morgan fingerprint density at radius 3 is 2.85 bits per heavy atom. The molecule has 3 aromatic carbocycles. The molecule has 0 saturated carbocycles. The summed E-state index contributed by atoms with van der Waals surface area (Å²) in [6, 6.07) is 17.7. The van der Waals surface area contributed by atoms with Crippen molar-refractivity contribution in [3.05, 3.63) is 82.4 Å². The molecule has 27 heavy (non-hydrogen) atoms. The van der Waals surface area contributed by atoms with E-state index in [1.807, 2.05) is 6.08 Å². The zero-order chi connectivity index (χ0) is 18.1. The SMILES string of the molecule is C=Cc1cc2cc3c4c(oc3cc2cc1C)=C1c2ccccc2NC1CC=4. The van der Waals surface area contributed by atoms with Crippen LogP contribution in [0.25, 0.3) is 39.5 Å². The topological polar surface area (TPSA) is 25.2 Å². The van der Waals surface area contributed by atoms with Crippen LogP contribution in [0.4, 0.5) is 5.69 Å². The minimum absolute atomic E-state index is 0.305. The standard InChI is InChI=1S/C25H19NO/c1-3-15-11-17-12-20-18-8-9-22-24(19-6-4-5-7-21(19)26-22)25(18)27-23(20)13-16(17)10-14(15)2/h3-8,10-13,22,26H,1,9H2,2H3. The molecule has 2 heteroatoms. The number of furan rings is 1. The first-order valence-corrected chi connectivity index (χ1v) is 9.42. The van der Waals surface area contributed by atoms with Crippen LogP contribution in [-0.2, 0) is 0 Å². The van der Waals surface area contributed by atoms with Gasteiger partial charge in [-0.3, -0.25) is 0 Å². The second-order valence-electron chi connectivity index (χ2n) is 7.55. The van der Waals surface area contributed by atoms with Crippen LogP contribution in [0.3, 0.4) is 0 Å². The van der Waals surface area contributed by atoms with Gasteiger partial charge in [0.1, 0.15) is 11.0 Å². The molecule has 6 rings (SSSR count). The summed E-state index contributed by atoms with van der Waals surface area (Å²) in [7, 11) is 0. The molecule has 0 radical (unpaired) electrons. The monoisotopic (exact) mass is 349 g/mol. The van der Waals surface area contributed by atoms with Crippen LogP contribution in [-0.4, -0.2) is 6.04 Å². The average Bonchev–Trinajstić information content (AvgIpc) is 3.23. The predicted octanol–water partition coefficient (Wildman–Crippen LogP) is 4.71. The first kappa shape index (κ1) is 14.9. The second-order valence-corrected chi connectivity index (χ2v) is 7.55. The quantitative estimate of drug-likeness (QED) is 0.538. The zero-order valence-corrected chi connectivity index (χ0v) is 15.2. The minimum atomic E-state index is 0.305. The number of aryl methyl sites for hydroxylation is 1. The molecule has 1 aromatic heterocycles. The molecule has 2 heterocycles. The van der Waals surface area contributed by atoms with E-state index in [4.69, 9.17) is 4.42 Å². The van der Waals surface area contributed by atoms with E-state index in [2.05, 4.69) is 73.4 Å². The van der Waals surface area contributed by atoms with E-state index in [0.717, 1.165) is 17.4 Å². The van der Waals surface area contributed by atoms with E-state index in [1.54, 1.807) is 0 Å². The summed E-state index contributed by atoms with van der Waals surface area (Å²) in [4.78, 5) is 0. The average molecular weight is 349 g/mol. The van der Waals surface area contributed by atoms with Gasteiger partial charge in [0.2, 0.25) is 0 Å². The Kier molecular flexibility index (Phi) is 2.83. The molecule has 4 aromatic rings. The molecule has 2 aliphatic rings. The third-order valence-corrected chi connectivity index (χ3v) is 5.99. The lowest BCUT2D eigenvalue weighted by Gasteiger charge is -2.12. The van der Waals surface area contributed by atoms with Gasteiger partial charge in [0, 0.05) is 27.4 Å². The summed E-state index contributed by atoms with van der Waals surface area (Å²) in [5.41, 5.74) is 8.18. The van der Waals surface area contributed by atoms with E-state index in [0.29, 0.717) is 6.04 Å². The Labute approximate surface area is 157 Å². The van der Waals surface area contributed by atoms with Crippen molar-refractivity contribution in [2.75, 3.05) is 5.32 Å². The number of para-hydroxylation sites is 1. The molecule has 0 saturated heterocycles. The maximum atomic E-state index is 6.44. The number of hydrogen-bond acceptors (Lipinski definition) is 2. The van der Waals surface area contributed by atoms with E-state index in [9.17, 15) is 0 Å². The number of benzene rings is 3. The van der Waals surface area contributed by atoms with Gasteiger partial charge in [0.15, 0.2) is 0 Å². The summed E-state index contributed by atoms with van der Waals surface area (Å²) in [5, 5.41) is 8.52. The third-order valence-electron chi connectivity index (χ3n) is 5.99. The van der Waals surface area contributed by atoms with E-state index >= 15 is 0 Å². The molecule has 1 N–H and O–H groups in total. The highest BCUT2D eigenvalue weighted by molar-refractivity contribution is 5.99. The van der Waals surface area contributed by atoms with Crippen LogP contribution in [0.2, 0.25) is 0 Å². The molecule has 1 unspecified atom stereocenters. The lowest BCUT2D eigenvalue weighted by Crippen LogP contribution is -2.33. The number of nitrogens with one attached hydrogen (secondary N) is 1. The Bertz CT molecular complexity index is 1400. The van der Waals surface area contributed by atoms with Gasteiger partial charge in [-0.05, 0) is 59.5 Å². The smallest absolute Gasteiger partial charge is 0.141 e. The van der Waals surface area contributed by atoms with E-state index in [-0.39, 0.29) is 0 Å². The molecule has 1 atom stereocenters. The van der Waals surface area contributed by atoms with Gasteiger partial charge in [-0.2, -0.15) is 0 Å². The molecule has 130 valence electrons. The molecule has 0 fully saturated rings. The minimum Gasteiger partial charge on any atom is -0.456 e. The lowest BCUT2D eigenvalue weighted by molar-refractivity contribution is 0.567. The highest BCUT2D eigenvalue weighted by Gasteiger charge is 2.29. The lowest BCUT2D eigenvalue weighted by atomic mass is 9.95. The second kappa shape index (κ2) is 5.14. The Hall–Kier alpha value is -3.26. The summed E-state index contributed by atoms with van der Waals surface area (Å²) in [6.45, 7) is 6.07. The fourth-order valence-electron chi connectivity index (χ4n) is 4.65. The summed E-state index contributed by atoms with van der Waals surface area (Å²) in [6.07, 6.45) is 5.23. The molecule has 0 bridgehead atoms. The van der Waals surface area contributed by atoms with Crippen molar-refractivity contribution in [2.24, 2.45) is 0 Å². The van der Waals surface area contributed by atoms with Gasteiger partial charge in [-0.1, -0.05) is 43.0 Å². The van der Waals surface area contributed by atoms with Gasteiger partial charge in [0.05, 0.1) is 6.04 Å². The third kappa shape index (κ3) is 1.95. The van der Waals surface area contributed by atoms with Crippen molar-refractivity contribution in [1.29, 1.82) is 0 Å². The molecule has 0 spiro atoms. The van der Waals surface area contributed by atoms with Crippen molar-refractivity contribution >= 4 is 45.2 Å². The zero-order valence-electron chi connectivity index (χ0n) is 15.2. The number of anilines is 1. The summed E-state index contributed by atoms with van der Waals surface area (Å²) >= 11 is 0. The van der Waals surface area contributed by atoms with Gasteiger partial charge >= 0.3 is 0 Å². The van der Waals surface area contributed by atoms with Crippen molar-refractivity contribution in [2.45, 2.75) is 19.4 Å². The fourth-order valence-corrected chi connectivity index (χ4v) is 4.65. The Morgan fingerprint density at radius 2 is 1.96 bits per heavy atom. The first-order chi connectivity index (χ1) is 13.2. The van der Waals surface area contributed by atoms with Crippen molar-refractivity contribution in [3.63, 3.8) is 0 Å².